The zero-order chi connectivity index (χ0) is 11.4. The molecule has 82 valence electrons. The van der Waals surface area contributed by atoms with Crippen LogP contribution in [-0.4, -0.2) is 10.2 Å². The molecule has 0 aliphatic heterocycles. The van der Waals surface area contributed by atoms with Crippen molar-refractivity contribution in [1.29, 1.82) is 0 Å². The molecule has 15 heavy (non-hydrogen) atoms. The van der Waals surface area contributed by atoms with Gasteiger partial charge < -0.3 is 0 Å². The molecule has 0 unspecified atom stereocenters. The molecule has 0 bridgehead atoms. The summed E-state index contributed by atoms with van der Waals surface area (Å²) in [5, 5.41) is 7.52. The number of nitrogens with zero attached hydrogens (tertiary/aromatic N) is 1. The first-order valence-electron chi connectivity index (χ1n) is 5.32. The minimum atomic E-state index is -0.199. The van der Waals surface area contributed by atoms with Gasteiger partial charge in [-0.15, -0.1) is 0 Å². The van der Waals surface area contributed by atoms with Crippen LogP contribution >= 0.6 is 0 Å². The highest BCUT2D eigenvalue weighted by molar-refractivity contribution is 5.82. The second kappa shape index (κ2) is 4.91. The van der Waals surface area contributed by atoms with E-state index in [4.69, 9.17) is 0 Å². The molecule has 2 aromatic rings. The van der Waals surface area contributed by atoms with Gasteiger partial charge >= 0.3 is 0 Å². The number of H-pyrrole nitrogens is 1. The van der Waals surface area contributed by atoms with Crippen molar-refractivity contribution < 1.29 is 4.39 Å². The van der Waals surface area contributed by atoms with E-state index in [-0.39, 0.29) is 11.7 Å². The quantitative estimate of drug-likeness (QED) is 0.757. The number of benzene rings is 1. The topological polar surface area (TPSA) is 28.7 Å². The highest BCUT2D eigenvalue weighted by atomic mass is 19.1. The Hall–Kier alpha value is -1.38. The second-order valence-electron chi connectivity index (χ2n) is 3.43. The maximum Gasteiger partial charge on any atom is 0.134 e. The average molecular weight is 208 g/mol. The van der Waals surface area contributed by atoms with Gasteiger partial charge in [0.2, 0.25) is 0 Å². The van der Waals surface area contributed by atoms with E-state index >= 15 is 0 Å². The summed E-state index contributed by atoms with van der Waals surface area (Å²) in [4.78, 5) is 0. The van der Waals surface area contributed by atoms with Crippen molar-refractivity contribution in [1.82, 2.24) is 10.2 Å². The lowest BCUT2D eigenvalue weighted by Crippen LogP contribution is -1.89. The van der Waals surface area contributed by atoms with Crippen molar-refractivity contribution in [2.75, 3.05) is 0 Å². The summed E-state index contributed by atoms with van der Waals surface area (Å²) in [5.41, 5.74) is 1.57. The smallest absolute Gasteiger partial charge is 0.134 e. The predicted octanol–water partition coefficient (Wildman–Crippen LogP) is 3.85. The highest BCUT2D eigenvalue weighted by Gasteiger charge is 2.11. The normalized spacial score (nSPS) is 10.3. The summed E-state index contributed by atoms with van der Waals surface area (Å²) in [6, 6.07) is 4.94. The van der Waals surface area contributed by atoms with Gasteiger partial charge in [0.1, 0.15) is 5.82 Å². The molecule has 0 atom stereocenters. The summed E-state index contributed by atoms with van der Waals surface area (Å²) in [7, 11) is 0. The van der Waals surface area contributed by atoms with E-state index in [9.17, 15) is 4.39 Å². The van der Waals surface area contributed by atoms with Crippen LogP contribution in [0.25, 0.3) is 10.9 Å². The van der Waals surface area contributed by atoms with Crippen LogP contribution in [0, 0.1) is 5.82 Å². The fraction of sp³-hybridized carbons (Fsp3) is 0.417. The lowest BCUT2D eigenvalue weighted by Gasteiger charge is -2.01. The zero-order valence-corrected chi connectivity index (χ0v) is 9.63. The van der Waals surface area contributed by atoms with E-state index in [0.717, 1.165) is 5.69 Å². The third-order valence-electron chi connectivity index (χ3n) is 2.14. The van der Waals surface area contributed by atoms with Crippen LogP contribution in [0.15, 0.2) is 18.2 Å². The minimum Gasteiger partial charge on any atom is -0.281 e. The summed E-state index contributed by atoms with van der Waals surface area (Å²) in [6.45, 7) is 8.03. The molecule has 1 heterocycles. The van der Waals surface area contributed by atoms with Crippen LogP contribution < -0.4 is 0 Å². The van der Waals surface area contributed by atoms with E-state index in [1.807, 2.05) is 27.7 Å². The van der Waals surface area contributed by atoms with E-state index in [1.54, 1.807) is 12.1 Å². The summed E-state index contributed by atoms with van der Waals surface area (Å²) in [6.07, 6.45) is 0. The van der Waals surface area contributed by atoms with Crippen LogP contribution in [-0.2, 0) is 0 Å². The monoisotopic (exact) mass is 208 g/mol. The molecule has 0 spiro atoms. The van der Waals surface area contributed by atoms with Crippen LogP contribution in [0.2, 0.25) is 0 Å². The van der Waals surface area contributed by atoms with Crippen LogP contribution in [0.3, 0.4) is 0 Å². The molecular formula is C12H17FN2. The first kappa shape index (κ1) is 11.7. The standard InChI is InChI=1S/C10H11FN2.C2H6/c1-6(2)10-9-7(11)4-3-5-8(9)12-13-10;1-2/h3-6H,1-2H3,(H,12,13);1-2H3. The Morgan fingerprint density at radius 2 is 1.93 bits per heavy atom. The average Bonchev–Trinajstić information content (AvgIpc) is 2.66. The van der Waals surface area contributed by atoms with Crippen molar-refractivity contribution in [2.45, 2.75) is 33.6 Å². The molecule has 0 saturated heterocycles. The summed E-state index contributed by atoms with van der Waals surface area (Å²) >= 11 is 0. The largest absolute Gasteiger partial charge is 0.281 e. The van der Waals surface area contributed by atoms with E-state index in [1.165, 1.54) is 6.07 Å². The van der Waals surface area contributed by atoms with Gasteiger partial charge in [0, 0.05) is 5.69 Å². The number of aromatic nitrogens is 2. The van der Waals surface area contributed by atoms with Crippen molar-refractivity contribution >= 4 is 10.9 Å². The SMILES string of the molecule is CC.CC(C)c1[nH]nc2cccc(F)c12. The number of hydrogen-bond acceptors (Lipinski definition) is 1. The molecule has 2 nitrogen and oxygen atoms in total. The Balaban J connectivity index is 0.000000531. The number of rotatable bonds is 1. The zero-order valence-electron chi connectivity index (χ0n) is 9.63. The number of fused-ring (bicyclic) bond motifs is 1. The number of hydrogen-bond donors (Lipinski definition) is 1. The van der Waals surface area contributed by atoms with Gasteiger partial charge in [-0.25, -0.2) is 4.39 Å². The van der Waals surface area contributed by atoms with Gasteiger partial charge in [0.25, 0.3) is 0 Å². The van der Waals surface area contributed by atoms with Gasteiger partial charge in [0.15, 0.2) is 0 Å². The van der Waals surface area contributed by atoms with E-state index < -0.39 is 0 Å². The molecule has 0 aliphatic rings. The molecule has 0 amide bonds. The van der Waals surface area contributed by atoms with E-state index in [0.29, 0.717) is 10.9 Å². The van der Waals surface area contributed by atoms with Gasteiger partial charge in [-0.2, -0.15) is 5.10 Å². The van der Waals surface area contributed by atoms with Crippen molar-refractivity contribution in [3.05, 3.63) is 29.7 Å². The Labute approximate surface area is 89.5 Å². The fourth-order valence-corrected chi connectivity index (χ4v) is 1.47. The van der Waals surface area contributed by atoms with Gasteiger partial charge in [-0.1, -0.05) is 33.8 Å². The van der Waals surface area contributed by atoms with Crippen molar-refractivity contribution in [2.24, 2.45) is 0 Å². The third-order valence-corrected chi connectivity index (χ3v) is 2.14. The van der Waals surface area contributed by atoms with Gasteiger partial charge in [-0.3, -0.25) is 5.10 Å². The Morgan fingerprint density at radius 1 is 1.27 bits per heavy atom. The number of nitrogens with one attached hydrogen (secondary N) is 1. The lowest BCUT2D eigenvalue weighted by atomic mass is 10.1. The third kappa shape index (κ3) is 2.17. The molecular weight excluding hydrogens is 191 g/mol. The van der Waals surface area contributed by atoms with Crippen molar-refractivity contribution in [3.8, 4) is 0 Å². The summed E-state index contributed by atoms with van der Waals surface area (Å²) in [5.74, 6) is 0.0665. The van der Waals surface area contributed by atoms with Crippen LogP contribution in [0.1, 0.15) is 39.3 Å². The molecule has 1 N–H and O–H groups in total. The molecule has 1 aromatic heterocycles. The maximum atomic E-state index is 13.4. The molecule has 3 heteroatoms. The molecule has 2 rings (SSSR count). The van der Waals surface area contributed by atoms with Gasteiger partial charge in [-0.05, 0) is 18.1 Å². The lowest BCUT2D eigenvalue weighted by molar-refractivity contribution is 0.637. The number of aromatic amines is 1. The second-order valence-corrected chi connectivity index (χ2v) is 3.43. The number of halogens is 1. The molecule has 0 radical (unpaired) electrons. The highest BCUT2D eigenvalue weighted by Crippen LogP contribution is 2.24. The molecule has 0 fully saturated rings. The van der Waals surface area contributed by atoms with Crippen molar-refractivity contribution in [3.63, 3.8) is 0 Å². The first-order valence-corrected chi connectivity index (χ1v) is 5.32. The predicted molar refractivity (Wildman–Crippen MR) is 61.5 cm³/mol. The minimum absolute atomic E-state index is 0.199. The molecule has 0 saturated carbocycles. The Kier molecular flexibility index (Phi) is 3.83. The van der Waals surface area contributed by atoms with Gasteiger partial charge in [0.05, 0.1) is 10.9 Å². The molecule has 0 aliphatic carbocycles. The Bertz CT molecular complexity index is 432. The Morgan fingerprint density at radius 3 is 2.53 bits per heavy atom. The van der Waals surface area contributed by atoms with E-state index in [2.05, 4.69) is 10.2 Å². The molecule has 1 aromatic carbocycles. The fourth-order valence-electron chi connectivity index (χ4n) is 1.47. The van der Waals surface area contributed by atoms with Crippen LogP contribution in [0.4, 0.5) is 4.39 Å². The van der Waals surface area contributed by atoms with Crippen LogP contribution in [0.5, 0.6) is 0 Å². The maximum absolute atomic E-state index is 13.4. The first-order chi connectivity index (χ1) is 7.20. The summed E-state index contributed by atoms with van der Waals surface area (Å²) < 4.78 is 13.4.